The molecular formula is C26H40N4O2. The van der Waals surface area contributed by atoms with Crippen molar-refractivity contribution in [1.82, 2.24) is 20.4 Å². The summed E-state index contributed by atoms with van der Waals surface area (Å²) in [7, 11) is 1.79. The van der Waals surface area contributed by atoms with Crippen molar-refractivity contribution in [1.29, 1.82) is 0 Å². The number of hydrogen-bond acceptors (Lipinski definition) is 4. The maximum absolute atomic E-state index is 13.8. The van der Waals surface area contributed by atoms with Crippen LogP contribution >= 0.6 is 0 Å². The second kappa shape index (κ2) is 10.8. The number of nitrogens with zero attached hydrogens (tertiary/aromatic N) is 2. The lowest BCUT2D eigenvalue weighted by Gasteiger charge is -2.37. The summed E-state index contributed by atoms with van der Waals surface area (Å²) in [6, 6.07) is 8.28. The van der Waals surface area contributed by atoms with E-state index in [1.165, 1.54) is 17.5 Å². The zero-order valence-electron chi connectivity index (χ0n) is 19.8. The highest BCUT2D eigenvalue weighted by molar-refractivity contribution is 5.90. The molecular weight excluding hydrogens is 400 g/mol. The molecule has 0 unspecified atom stereocenters. The zero-order valence-corrected chi connectivity index (χ0v) is 19.8. The SMILES string of the molecule is CN[C@@H](C)C(=O)N[C@H](C(=O)N1CCC[C@H]1CN1CCc2ccccc2C1)C1CCCCC1. The third kappa shape index (κ3) is 5.34. The van der Waals surface area contributed by atoms with E-state index in [1.807, 2.05) is 6.92 Å². The number of likely N-dealkylation sites (N-methyl/N-ethyl adjacent to an activating group) is 1. The Balaban J connectivity index is 1.44. The Labute approximate surface area is 193 Å². The summed E-state index contributed by atoms with van der Waals surface area (Å²) in [6.45, 7) is 5.62. The van der Waals surface area contributed by atoms with Crippen LogP contribution in [0.15, 0.2) is 24.3 Å². The number of benzene rings is 1. The Morgan fingerprint density at radius 2 is 1.78 bits per heavy atom. The Morgan fingerprint density at radius 1 is 1.03 bits per heavy atom. The minimum atomic E-state index is -0.388. The van der Waals surface area contributed by atoms with Gasteiger partial charge in [0.05, 0.1) is 6.04 Å². The van der Waals surface area contributed by atoms with Gasteiger partial charge in [0.1, 0.15) is 6.04 Å². The van der Waals surface area contributed by atoms with Gasteiger partial charge in [-0.05, 0) is 63.1 Å². The lowest BCUT2D eigenvalue weighted by Crippen LogP contribution is -2.57. The molecule has 0 aromatic heterocycles. The van der Waals surface area contributed by atoms with E-state index < -0.39 is 0 Å². The van der Waals surface area contributed by atoms with Crippen LogP contribution in [-0.2, 0) is 22.6 Å². The van der Waals surface area contributed by atoms with Gasteiger partial charge in [-0.15, -0.1) is 0 Å². The van der Waals surface area contributed by atoms with Gasteiger partial charge in [0.2, 0.25) is 11.8 Å². The summed E-state index contributed by atoms with van der Waals surface area (Å²) >= 11 is 0. The number of fused-ring (bicyclic) bond motifs is 1. The Hall–Kier alpha value is -1.92. The second-order valence-corrected chi connectivity index (χ2v) is 9.98. The summed E-state index contributed by atoms with van der Waals surface area (Å²) in [5.74, 6) is 0.334. The topological polar surface area (TPSA) is 64.7 Å². The summed E-state index contributed by atoms with van der Waals surface area (Å²) in [5, 5.41) is 6.15. The smallest absolute Gasteiger partial charge is 0.245 e. The molecule has 1 aromatic carbocycles. The molecule has 2 heterocycles. The molecule has 6 heteroatoms. The zero-order chi connectivity index (χ0) is 22.5. The van der Waals surface area contributed by atoms with E-state index in [0.717, 1.165) is 71.1 Å². The number of nitrogens with one attached hydrogen (secondary N) is 2. The van der Waals surface area contributed by atoms with Crippen LogP contribution in [-0.4, -0.2) is 66.4 Å². The fourth-order valence-electron chi connectivity index (χ4n) is 5.76. The predicted molar refractivity (Wildman–Crippen MR) is 127 cm³/mol. The van der Waals surface area contributed by atoms with Crippen molar-refractivity contribution < 1.29 is 9.59 Å². The van der Waals surface area contributed by atoms with Crippen molar-refractivity contribution in [3.63, 3.8) is 0 Å². The number of likely N-dealkylation sites (tertiary alicyclic amines) is 1. The van der Waals surface area contributed by atoms with Crippen LogP contribution in [0.3, 0.4) is 0 Å². The predicted octanol–water partition coefficient (Wildman–Crippen LogP) is 2.71. The average Bonchev–Trinajstić information content (AvgIpc) is 3.30. The van der Waals surface area contributed by atoms with E-state index >= 15 is 0 Å². The van der Waals surface area contributed by atoms with Crippen LogP contribution in [0.1, 0.15) is 63.0 Å². The number of carbonyl (C=O) groups is 2. The summed E-state index contributed by atoms with van der Waals surface area (Å²) in [6.07, 6.45) is 8.81. The fourth-order valence-corrected chi connectivity index (χ4v) is 5.76. The maximum Gasteiger partial charge on any atom is 0.245 e. The second-order valence-electron chi connectivity index (χ2n) is 9.98. The first-order chi connectivity index (χ1) is 15.6. The van der Waals surface area contributed by atoms with E-state index in [-0.39, 0.29) is 35.9 Å². The molecule has 176 valence electrons. The number of rotatable bonds is 7. The highest BCUT2D eigenvalue weighted by Gasteiger charge is 2.39. The normalized spacial score (nSPS) is 24.1. The van der Waals surface area contributed by atoms with Crippen molar-refractivity contribution in [2.24, 2.45) is 5.92 Å². The molecule has 0 radical (unpaired) electrons. The van der Waals surface area contributed by atoms with E-state index in [9.17, 15) is 9.59 Å². The first-order valence-corrected chi connectivity index (χ1v) is 12.6. The Bertz CT molecular complexity index is 792. The number of hydrogen-bond donors (Lipinski definition) is 2. The number of amides is 2. The molecule has 1 saturated carbocycles. The van der Waals surface area contributed by atoms with E-state index in [1.54, 1.807) is 7.05 Å². The lowest BCUT2D eigenvalue weighted by atomic mass is 9.83. The summed E-state index contributed by atoms with van der Waals surface area (Å²) in [5.41, 5.74) is 2.88. The van der Waals surface area contributed by atoms with Gasteiger partial charge in [0.25, 0.3) is 0 Å². The van der Waals surface area contributed by atoms with E-state index in [4.69, 9.17) is 0 Å². The first-order valence-electron chi connectivity index (χ1n) is 12.6. The maximum atomic E-state index is 13.8. The molecule has 6 nitrogen and oxygen atoms in total. The van der Waals surface area contributed by atoms with Crippen molar-refractivity contribution >= 4 is 11.8 Å². The highest BCUT2D eigenvalue weighted by Crippen LogP contribution is 2.30. The van der Waals surface area contributed by atoms with Crippen molar-refractivity contribution in [3.8, 4) is 0 Å². The van der Waals surface area contributed by atoms with Gasteiger partial charge >= 0.3 is 0 Å². The third-order valence-corrected chi connectivity index (χ3v) is 7.85. The van der Waals surface area contributed by atoms with Crippen LogP contribution in [0.2, 0.25) is 0 Å². The molecule has 2 N–H and O–H groups in total. The third-order valence-electron chi connectivity index (χ3n) is 7.85. The quantitative estimate of drug-likeness (QED) is 0.684. The highest BCUT2D eigenvalue weighted by atomic mass is 16.2. The van der Waals surface area contributed by atoms with Crippen LogP contribution in [0.5, 0.6) is 0 Å². The molecule has 3 atom stereocenters. The van der Waals surface area contributed by atoms with Gasteiger partial charge in [0.15, 0.2) is 0 Å². The standard InChI is InChI=1S/C26H40N4O2/c1-19(27-2)25(31)28-24(21-10-4-3-5-11-21)26(32)30-15-8-13-23(30)18-29-16-14-20-9-6-7-12-22(20)17-29/h6-7,9,12,19,21,23-24,27H,3-5,8,10-11,13-18H2,1-2H3,(H,28,31)/t19-,23-,24-/m0/s1. The Morgan fingerprint density at radius 3 is 2.53 bits per heavy atom. The van der Waals surface area contributed by atoms with Gasteiger partial charge in [-0.3, -0.25) is 14.5 Å². The molecule has 4 rings (SSSR count). The molecule has 32 heavy (non-hydrogen) atoms. The average molecular weight is 441 g/mol. The molecule has 1 aliphatic carbocycles. The summed E-state index contributed by atoms with van der Waals surface area (Å²) < 4.78 is 0. The number of carbonyl (C=O) groups excluding carboxylic acids is 2. The van der Waals surface area contributed by atoms with Gasteiger partial charge in [-0.25, -0.2) is 0 Å². The van der Waals surface area contributed by atoms with Gasteiger partial charge in [0, 0.05) is 32.2 Å². The lowest BCUT2D eigenvalue weighted by molar-refractivity contribution is -0.139. The van der Waals surface area contributed by atoms with Crippen molar-refractivity contribution in [3.05, 3.63) is 35.4 Å². The van der Waals surface area contributed by atoms with Crippen LogP contribution in [0.25, 0.3) is 0 Å². The molecule has 2 amide bonds. The van der Waals surface area contributed by atoms with E-state index in [0.29, 0.717) is 0 Å². The monoisotopic (exact) mass is 440 g/mol. The molecule has 0 spiro atoms. The molecule has 3 aliphatic rings. The van der Waals surface area contributed by atoms with Gasteiger partial charge in [-0.1, -0.05) is 43.5 Å². The summed E-state index contributed by atoms with van der Waals surface area (Å²) in [4.78, 5) is 31.1. The van der Waals surface area contributed by atoms with Crippen LogP contribution in [0, 0.1) is 5.92 Å². The van der Waals surface area contributed by atoms with Crippen molar-refractivity contribution in [2.45, 2.75) is 83.0 Å². The van der Waals surface area contributed by atoms with Crippen LogP contribution in [0.4, 0.5) is 0 Å². The van der Waals surface area contributed by atoms with Crippen molar-refractivity contribution in [2.75, 3.05) is 26.7 Å². The largest absolute Gasteiger partial charge is 0.343 e. The molecule has 1 saturated heterocycles. The molecule has 1 aromatic rings. The minimum absolute atomic E-state index is 0.0696. The molecule has 2 fully saturated rings. The molecule has 0 bridgehead atoms. The fraction of sp³-hybridized carbons (Fsp3) is 0.692. The molecule has 2 aliphatic heterocycles. The van der Waals surface area contributed by atoms with Gasteiger partial charge in [-0.2, -0.15) is 0 Å². The Kier molecular flexibility index (Phi) is 7.84. The van der Waals surface area contributed by atoms with E-state index in [2.05, 4.69) is 44.7 Å². The minimum Gasteiger partial charge on any atom is -0.343 e. The van der Waals surface area contributed by atoms with Crippen LogP contribution < -0.4 is 10.6 Å². The van der Waals surface area contributed by atoms with Gasteiger partial charge < -0.3 is 15.5 Å². The first kappa shape index (κ1) is 23.2.